The Balaban J connectivity index is 3.97. The second-order valence-electron chi connectivity index (χ2n) is 3.22. The van der Waals surface area contributed by atoms with Gasteiger partial charge in [-0.1, -0.05) is 0 Å². The van der Waals surface area contributed by atoms with Crippen LogP contribution in [0.4, 0.5) is 0 Å². The van der Waals surface area contributed by atoms with Crippen molar-refractivity contribution in [1.29, 1.82) is 0 Å². The summed E-state index contributed by atoms with van der Waals surface area (Å²) in [5.41, 5.74) is 10.2. The topological polar surface area (TPSA) is 185 Å². The maximum absolute atomic E-state index is 11.3. The first kappa shape index (κ1) is 16.4. The Morgan fingerprint density at radius 2 is 2.00 bits per heavy atom. The van der Waals surface area contributed by atoms with Gasteiger partial charge in [0, 0.05) is 6.54 Å². The molecule has 2 atom stereocenters. The van der Waals surface area contributed by atoms with Crippen molar-refractivity contribution in [3.8, 4) is 0 Å². The monoisotopic (exact) mass is 290 g/mol. The Kier molecular flexibility index (Phi) is 6.19. The Morgan fingerprint density at radius 1 is 1.47 bits per heavy atom. The van der Waals surface area contributed by atoms with Gasteiger partial charge >= 0.3 is 16.3 Å². The second kappa shape index (κ2) is 6.40. The number of hydrogen-bond donors (Lipinski definition) is 6. The number of nitrogens with two attached hydrogens (primary N) is 2. The second-order valence-corrected chi connectivity index (χ2v) is 6.53. The van der Waals surface area contributed by atoms with Gasteiger partial charge in [0.05, 0.1) is 0 Å². The molecule has 12 heteroatoms. The summed E-state index contributed by atoms with van der Waals surface area (Å²) in [6, 6.07) is -1.05. The van der Waals surface area contributed by atoms with Crippen molar-refractivity contribution in [1.82, 2.24) is 9.58 Å². The predicted octanol–water partition coefficient (Wildman–Crippen LogP) is -1.77. The number of nitrogens with one attached hydrogen (secondary N) is 2. The van der Waals surface area contributed by atoms with Crippen LogP contribution in [-0.4, -0.2) is 36.6 Å². The Bertz CT molecular complexity index is 411. The molecule has 0 bridgehead atoms. The van der Waals surface area contributed by atoms with Crippen molar-refractivity contribution < 1.29 is 27.4 Å². The lowest BCUT2D eigenvalue weighted by atomic mass is 10.2. The van der Waals surface area contributed by atoms with Crippen molar-refractivity contribution in [3.05, 3.63) is 0 Å². The normalized spacial score (nSPS) is 17.4. The molecule has 0 aromatic rings. The van der Waals surface area contributed by atoms with Gasteiger partial charge in [-0.05, 0) is 12.8 Å². The van der Waals surface area contributed by atoms with E-state index < -0.39 is 29.9 Å². The summed E-state index contributed by atoms with van der Waals surface area (Å²) in [7, 11) is -8.59. The third-order valence-electron chi connectivity index (χ3n) is 1.61. The highest BCUT2D eigenvalue weighted by molar-refractivity contribution is 7.90. The van der Waals surface area contributed by atoms with Crippen molar-refractivity contribution in [3.63, 3.8) is 0 Å². The molecular formula is C5H15N4O6PS. The van der Waals surface area contributed by atoms with E-state index in [1.165, 1.54) is 4.49 Å². The Hall–Kier alpha value is -0.550. The molecule has 0 radical (unpaired) electrons. The molecule has 102 valence electrons. The molecule has 0 aromatic carbocycles. The summed E-state index contributed by atoms with van der Waals surface area (Å²) in [5.74, 6) is -1.17. The molecule has 0 rings (SSSR count). The van der Waals surface area contributed by atoms with Crippen LogP contribution in [0.5, 0.6) is 0 Å². The van der Waals surface area contributed by atoms with Gasteiger partial charge in [-0.25, -0.2) is 5.09 Å². The SMILES string of the molecule is N[C@@H](CCCN[P@](N)(=O)NS(=O)(=O)O)C(=O)O. The molecule has 0 spiro atoms. The smallest absolute Gasteiger partial charge is 0.341 e. The summed E-state index contributed by atoms with van der Waals surface area (Å²) >= 11 is 0. The lowest BCUT2D eigenvalue weighted by Crippen LogP contribution is -2.34. The van der Waals surface area contributed by atoms with E-state index in [1.54, 1.807) is 0 Å². The fourth-order valence-electron chi connectivity index (χ4n) is 0.894. The van der Waals surface area contributed by atoms with Crippen molar-refractivity contribution in [2.45, 2.75) is 18.9 Å². The first-order chi connectivity index (χ1) is 7.53. The number of carboxylic acids is 1. The summed E-state index contributed by atoms with van der Waals surface area (Å²) in [6.07, 6.45) is 0.329. The molecule has 0 fully saturated rings. The molecule has 0 saturated heterocycles. The highest BCUT2D eigenvalue weighted by Gasteiger charge is 2.21. The largest absolute Gasteiger partial charge is 0.480 e. The van der Waals surface area contributed by atoms with Crippen molar-refractivity contribution in [2.75, 3.05) is 6.54 Å². The highest BCUT2D eigenvalue weighted by Crippen LogP contribution is 2.25. The number of carboxylic acid groups (broad SMARTS) is 1. The van der Waals surface area contributed by atoms with E-state index in [1.807, 2.05) is 0 Å². The molecule has 0 aliphatic heterocycles. The molecule has 0 heterocycles. The van der Waals surface area contributed by atoms with Crippen molar-refractivity contribution in [2.24, 2.45) is 11.2 Å². The van der Waals surface area contributed by atoms with Gasteiger partial charge in [0.25, 0.3) is 7.59 Å². The lowest BCUT2D eigenvalue weighted by molar-refractivity contribution is -0.138. The van der Waals surface area contributed by atoms with Gasteiger partial charge in [0.1, 0.15) is 6.04 Å². The summed E-state index contributed by atoms with van der Waals surface area (Å²) in [6.45, 7) is -0.0166. The van der Waals surface area contributed by atoms with Crippen LogP contribution in [0.15, 0.2) is 0 Å². The number of hydrogen-bond acceptors (Lipinski definition) is 5. The number of carbonyl (C=O) groups is 1. The van der Waals surface area contributed by atoms with Gasteiger partial charge < -0.3 is 10.8 Å². The average molecular weight is 290 g/mol. The van der Waals surface area contributed by atoms with E-state index in [2.05, 4.69) is 5.09 Å². The summed E-state index contributed by atoms with van der Waals surface area (Å²) < 4.78 is 41.6. The van der Waals surface area contributed by atoms with Crippen LogP contribution in [0.1, 0.15) is 12.8 Å². The minimum Gasteiger partial charge on any atom is -0.480 e. The van der Waals surface area contributed by atoms with Crippen LogP contribution in [0.3, 0.4) is 0 Å². The van der Waals surface area contributed by atoms with E-state index in [4.69, 9.17) is 20.9 Å². The molecule has 0 unspecified atom stereocenters. The van der Waals surface area contributed by atoms with Gasteiger partial charge in [0.15, 0.2) is 0 Å². The molecule has 0 aliphatic carbocycles. The quantitative estimate of drug-likeness (QED) is 0.171. The molecule has 0 saturated carbocycles. The molecule has 10 nitrogen and oxygen atoms in total. The molecule has 0 aromatic heterocycles. The molecular weight excluding hydrogens is 275 g/mol. The van der Waals surface area contributed by atoms with Crippen LogP contribution in [0, 0.1) is 0 Å². The Labute approximate surface area is 98.2 Å². The third kappa shape index (κ3) is 9.18. The van der Waals surface area contributed by atoms with Gasteiger partial charge in [-0.2, -0.15) is 8.42 Å². The van der Waals surface area contributed by atoms with E-state index >= 15 is 0 Å². The lowest BCUT2D eigenvalue weighted by Gasteiger charge is -2.14. The fraction of sp³-hybridized carbons (Fsp3) is 0.800. The van der Waals surface area contributed by atoms with Crippen LogP contribution >= 0.6 is 7.59 Å². The minimum atomic E-state index is -4.67. The minimum absolute atomic E-state index is 0.0166. The zero-order valence-electron chi connectivity index (χ0n) is 8.74. The Morgan fingerprint density at radius 3 is 2.41 bits per heavy atom. The van der Waals surface area contributed by atoms with Crippen LogP contribution < -0.4 is 20.8 Å². The first-order valence-corrected chi connectivity index (χ1v) is 7.64. The first-order valence-electron chi connectivity index (χ1n) is 4.42. The van der Waals surface area contributed by atoms with Gasteiger partial charge in [0.2, 0.25) is 0 Å². The fourth-order valence-corrected chi connectivity index (χ4v) is 3.01. The van der Waals surface area contributed by atoms with Crippen LogP contribution in [0.2, 0.25) is 0 Å². The van der Waals surface area contributed by atoms with Crippen LogP contribution in [0.25, 0.3) is 0 Å². The van der Waals surface area contributed by atoms with E-state index in [0.29, 0.717) is 0 Å². The maximum atomic E-state index is 11.3. The molecule has 8 N–H and O–H groups in total. The third-order valence-corrected chi connectivity index (χ3v) is 4.31. The standard InChI is InChI=1S/C5H15N4O6PS/c6-4(5(10)11)2-1-3-8-16(7,12)9-17(13,14)15/h4H,1-3,6H2,(H,10,11)(H,13,14,15)(H4,7,8,9,12)/t4-,16-/m0/s1. The van der Waals surface area contributed by atoms with Crippen LogP contribution in [-0.2, 0) is 19.7 Å². The number of aliphatic carboxylic acids is 1. The van der Waals surface area contributed by atoms with Crippen molar-refractivity contribution >= 4 is 23.9 Å². The van der Waals surface area contributed by atoms with E-state index in [9.17, 15) is 17.8 Å². The van der Waals surface area contributed by atoms with Gasteiger partial charge in [-0.3, -0.25) is 19.4 Å². The molecule has 17 heavy (non-hydrogen) atoms. The zero-order valence-corrected chi connectivity index (χ0v) is 10.4. The molecule has 0 amide bonds. The zero-order chi connectivity index (χ0) is 13.7. The highest BCUT2D eigenvalue weighted by atomic mass is 32.2. The number of rotatable bonds is 8. The average Bonchev–Trinajstić information content (AvgIpc) is 2.07. The molecule has 0 aliphatic rings. The summed E-state index contributed by atoms with van der Waals surface area (Å²) in [5, 5.41) is 10.6. The van der Waals surface area contributed by atoms with E-state index in [0.717, 1.165) is 0 Å². The predicted molar refractivity (Wildman–Crippen MR) is 59.3 cm³/mol. The maximum Gasteiger partial charge on any atom is 0.341 e. The summed E-state index contributed by atoms with van der Waals surface area (Å²) in [4.78, 5) is 10.3. The van der Waals surface area contributed by atoms with Gasteiger partial charge in [-0.15, -0.1) is 4.49 Å². The van der Waals surface area contributed by atoms with E-state index in [-0.39, 0.29) is 19.4 Å².